The quantitative estimate of drug-likeness (QED) is 0.479. The average molecular weight is 127 g/mol. The average Bonchev–Trinajstić information content (AvgIpc) is 1.82. The molecule has 0 bridgehead atoms. The van der Waals surface area contributed by atoms with E-state index in [4.69, 9.17) is 0 Å². The van der Waals surface area contributed by atoms with Gasteiger partial charge in [0.2, 0.25) is 6.41 Å². The van der Waals surface area contributed by atoms with E-state index in [1.54, 1.807) is 0 Å². The van der Waals surface area contributed by atoms with Gasteiger partial charge in [-0.05, 0) is 6.92 Å². The highest BCUT2D eigenvalue weighted by atomic mass is 16.1. The molecule has 0 radical (unpaired) electrons. The highest BCUT2D eigenvalue weighted by Gasteiger charge is 2.41. The van der Waals surface area contributed by atoms with E-state index in [1.807, 2.05) is 4.90 Å². The third-order valence-corrected chi connectivity index (χ3v) is 2.35. The second-order valence-electron chi connectivity index (χ2n) is 3.44. The van der Waals surface area contributed by atoms with Crippen LogP contribution in [-0.2, 0) is 4.79 Å². The molecule has 0 unspecified atom stereocenters. The van der Waals surface area contributed by atoms with Crippen molar-refractivity contribution in [2.45, 2.75) is 26.8 Å². The van der Waals surface area contributed by atoms with Crippen LogP contribution in [0.1, 0.15) is 20.8 Å². The molecule has 0 N–H and O–H groups in total. The first-order valence-electron chi connectivity index (χ1n) is 3.29. The lowest BCUT2D eigenvalue weighted by molar-refractivity contribution is -0.135. The van der Waals surface area contributed by atoms with Crippen molar-refractivity contribution in [2.75, 3.05) is 6.54 Å². The molecular formula is C7H13NO. The summed E-state index contributed by atoms with van der Waals surface area (Å²) in [6.07, 6.45) is 0.927. The molecular weight excluding hydrogens is 114 g/mol. The Hall–Kier alpha value is -0.530. The number of hydrogen-bond acceptors (Lipinski definition) is 1. The number of nitrogens with zero attached hydrogens (tertiary/aromatic N) is 1. The molecule has 1 saturated heterocycles. The number of likely N-dealkylation sites (tertiary alicyclic amines) is 1. The molecule has 1 aliphatic heterocycles. The zero-order valence-corrected chi connectivity index (χ0v) is 6.22. The first-order valence-corrected chi connectivity index (χ1v) is 3.29. The molecule has 0 aliphatic carbocycles. The van der Waals surface area contributed by atoms with Crippen LogP contribution >= 0.6 is 0 Å². The predicted octanol–water partition coefficient (Wildman–Crippen LogP) is 0.873. The SMILES string of the molecule is C[C@H]1N(C=O)CC1(C)C. The summed E-state index contributed by atoms with van der Waals surface area (Å²) in [5.41, 5.74) is 0.348. The van der Waals surface area contributed by atoms with E-state index >= 15 is 0 Å². The maximum Gasteiger partial charge on any atom is 0.209 e. The smallest absolute Gasteiger partial charge is 0.209 e. The number of hydrogen-bond donors (Lipinski definition) is 0. The van der Waals surface area contributed by atoms with Gasteiger partial charge in [-0.3, -0.25) is 4.79 Å². The van der Waals surface area contributed by atoms with Crippen LogP contribution in [0.4, 0.5) is 0 Å². The van der Waals surface area contributed by atoms with Crippen LogP contribution in [-0.4, -0.2) is 23.9 Å². The van der Waals surface area contributed by atoms with Gasteiger partial charge in [0.25, 0.3) is 0 Å². The van der Waals surface area contributed by atoms with Gasteiger partial charge in [0.1, 0.15) is 0 Å². The second-order valence-corrected chi connectivity index (χ2v) is 3.44. The summed E-state index contributed by atoms with van der Waals surface area (Å²) in [5.74, 6) is 0. The zero-order chi connectivity index (χ0) is 7.07. The van der Waals surface area contributed by atoms with Gasteiger partial charge >= 0.3 is 0 Å². The predicted molar refractivity (Wildman–Crippen MR) is 36.0 cm³/mol. The van der Waals surface area contributed by atoms with E-state index < -0.39 is 0 Å². The molecule has 0 aromatic rings. The molecule has 0 aromatic carbocycles. The third kappa shape index (κ3) is 0.824. The molecule has 0 saturated carbocycles. The molecule has 2 nitrogen and oxygen atoms in total. The summed E-state index contributed by atoms with van der Waals surface area (Å²) in [6.45, 7) is 7.35. The van der Waals surface area contributed by atoms with E-state index in [0.717, 1.165) is 13.0 Å². The van der Waals surface area contributed by atoms with Crippen molar-refractivity contribution in [1.29, 1.82) is 0 Å². The van der Waals surface area contributed by atoms with Gasteiger partial charge < -0.3 is 4.90 Å². The van der Waals surface area contributed by atoms with Crippen LogP contribution in [0, 0.1) is 5.41 Å². The van der Waals surface area contributed by atoms with Crippen molar-refractivity contribution in [3.8, 4) is 0 Å². The highest BCUT2D eigenvalue weighted by molar-refractivity contribution is 5.50. The standard InChI is InChI=1S/C7H13NO/c1-6-7(2,3)4-8(6)5-9/h5-6H,4H2,1-3H3/t6-/m1/s1. The monoisotopic (exact) mass is 127 g/mol. The largest absolute Gasteiger partial charge is 0.341 e. The maximum atomic E-state index is 10.2. The fourth-order valence-corrected chi connectivity index (χ4v) is 1.20. The van der Waals surface area contributed by atoms with E-state index in [9.17, 15) is 4.79 Å². The lowest BCUT2D eigenvalue weighted by Crippen LogP contribution is -2.59. The zero-order valence-electron chi connectivity index (χ0n) is 6.22. The van der Waals surface area contributed by atoms with Crippen LogP contribution in [0.3, 0.4) is 0 Å². The molecule has 0 aromatic heterocycles. The summed E-state index contributed by atoms with van der Waals surface area (Å²) >= 11 is 0. The van der Waals surface area contributed by atoms with Gasteiger partial charge in [0.05, 0.1) is 0 Å². The minimum Gasteiger partial charge on any atom is -0.341 e. The Morgan fingerprint density at radius 1 is 1.67 bits per heavy atom. The van der Waals surface area contributed by atoms with Crippen molar-refractivity contribution in [2.24, 2.45) is 5.41 Å². The van der Waals surface area contributed by atoms with Crippen LogP contribution in [0.15, 0.2) is 0 Å². The Bertz CT molecular complexity index is 131. The van der Waals surface area contributed by atoms with Crippen LogP contribution in [0.25, 0.3) is 0 Å². The fourth-order valence-electron chi connectivity index (χ4n) is 1.20. The third-order valence-electron chi connectivity index (χ3n) is 2.35. The maximum absolute atomic E-state index is 10.2. The molecule has 1 rings (SSSR count). The van der Waals surface area contributed by atoms with Gasteiger partial charge in [-0.2, -0.15) is 0 Å². The molecule has 1 aliphatic rings. The summed E-state index contributed by atoms with van der Waals surface area (Å²) in [6, 6.07) is 0.426. The van der Waals surface area contributed by atoms with Crippen molar-refractivity contribution in [3.63, 3.8) is 0 Å². The minimum absolute atomic E-state index is 0.348. The van der Waals surface area contributed by atoms with Crippen molar-refractivity contribution >= 4 is 6.41 Å². The first kappa shape index (κ1) is 6.59. The molecule has 1 atom stereocenters. The molecule has 1 heterocycles. The lowest BCUT2D eigenvalue weighted by atomic mass is 9.76. The van der Waals surface area contributed by atoms with Crippen molar-refractivity contribution in [3.05, 3.63) is 0 Å². The van der Waals surface area contributed by atoms with Crippen molar-refractivity contribution in [1.82, 2.24) is 4.90 Å². The Balaban J connectivity index is 2.50. The number of carbonyl (C=O) groups excluding carboxylic acids is 1. The number of carbonyl (C=O) groups is 1. The van der Waals surface area contributed by atoms with Gasteiger partial charge in [0.15, 0.2) is 0 Å². The van der Waals surface area contributed by atoms with Crippen LogP contribution in [0.2, 0.25) is 0 Å². The number of rotatable bonds is 1. The van der Waals surface area contributed by atoms with Crippen LogP contribution < -0.4 is 0 Å². The van der Waals surface area contributed by atoms with Crippen molar-refractivity contribution < 1.29 is 4.79 Å². The van der Waals surface area contributed by atoms with Gasteiger partial charge in [-0.25, -0.2) is 0 Å². The summed E-state index contributed by atoms with van der Waals surface area (Å²) in [7, 11) is 0. The molecule has 52 valence electrons. The summed E-state index contributed by atoms with van der Waals surface area (Å²) < 4.78 is 0. The molecule has 2 heteroatoms. The van der Waals surface area contributed by atoms with E-state index in [1.165, 1.54) is 0 Å². The normalized spacial score (nSPS) is 31.4. The number of amides is 1. The topological polar surface area (TPSA) is 20.3 Å². The van der Waals surface area contributed by atoms with E-state index in [2.05, 4.69) is 20.8 Å². The summed E-state index contributed by atoms with van der Waals surface area (Å²) in [4.78, 5) is 12.0. The second kappa shape index (κ2) is 1.72. The van der Waals surface area contributed by atoms with Gasteiger partial charge in [-0.15, -0.1) is 0 Å². The Labute approximate surface area is 55.8 Å². The summed E-state index contributed by atoms with van der Waals surface area (Å²) in [5, 5.41) is 0. The van der Waals surface area contributed by atoms with E-state index in [0.29, 0.717) is 11.5 Å². The first-order chi connectivity index (χ1) is 4.08. The fraction of sp³-hybridized carbons (Fsp3) is 0.857. The van der Waals surface area contributed by atoms with Gasteiger partial charge in [0, 0.05) is 18.0 Å². The Morgan fingerprint density at radius 2 is 2.22 bits per heavy atom. The lowest BCUT2D eigenvalue weighted by Gasteiger charge is -2.50. The highest BCUT2D eigenvalue weighted by Crippen LogP contribution is 2.34. The molecule has 0 spiro atoms. The minimum atomic E-state index is 0.348. The van der Waals surface area contributed by atoms with Gasteiger partial charge in [-0.1, -0.05) is 13.8 Å². The molecule has 1 fully saturated rings. The Kier molecular flexibility index (Phi) is 1.26. The van der Waals surface area contributed by atoms with E-state index in [-0.39, 0.29) is 0 Å². The Morgan fingerprint density at radius 3 is 2.33 bits per heavy atom. The molecule has 9 heavy (non-hydrogen) atoms. The molecule has 1 amide bonds. The van der Waals surface area contributed by atoms with Crippen LogP contribution in [0.5, 0.6) is 0 Å².